The summed E-state index contributed by atoms with van der Waals surface area (Å²) in [7, 11) is 0. The molecular weight excluding hydrogens is 530 g/mol. The van der Waals surface area contributed by atoms with Gasteiger partial charge >= 0.3 is 24.4 Å². The molecule has 1 fully saturated rings. The summed E-state index contributed by atoms with van der Waals surface area (Å²) in [6.07, 6.45) is -10.4. The van der Waals surface area contributed by atoms with Crippen LogP contribution in [0.4, 0.5) is 39.9 Å². The Kier molecular flexibility index (Phi) is 8.08. The molecule has 3 rings (SSSR count). The number of hydrogen-bond acceptors (Lipinski definition) is 4. The molecule has 2 heterocycles. The first-order valence-corrected chi connectivity index (χ1v) is 10.9. The van der Waals surface area contributed by atoms with Gasteiger partial charge in [-0.1, -0.05) is 11.6 Å². The van der Waals surface area contributed by atoms with Crippen LogP contribution in [0.3, 0.4) is 0 Å². The van der Waals surface area contributed by atoms with Crippen LogP contribution in [0, 0.1) is 6.92 Å². The first-order valence-electron chi connectivity index (χ1n) is 10.6. The third-order valence-electron chi connectivity index (χ3n) is 5.43. The molecule has 36 heavy (non-hydrogen) atoms. The second-order valence-electron chi connectivity index (χ2n) is 8.06. The fourth-order valence-electron chi connectivity index (χ4n) is 3.47. The number of hydrogen-bond donors (Lipinski definition) is 1. The first kappa shape index (κ1) is 28.0. The molecule has 0 aliphatic carbocycles. The standard InChI is InChI=1S/C21H20ClF8N3O3/c1-11-17(36-18(34)31-10-19(23,24)21(28,29)30)32-16(33(11)9-13-4-2-3-7-35-13)14-8-12(20(25,26)27)5-6-15(14)22/h5-6,8,13H,2-4,7,9-10H2,1H3,(H,31,34). The minimum Gasteiger partial charge on any atom is -0.389 e. The highest BCUT2D eigenvalue weighted by Crippen LogP contribution is 2.38. The number of benzene rings is 1. The van der Waals surface area contributed by atoms with Gasteiger partial charge in [0.2, 0.25) is 5.88 Å². The Morgan fingerprint density at radius 1 is 1.19 bits per heavy atom. The van der Waals surface area contributed by atoms with Gasteiger partial charge in [0.1, 0.15) is 5.82 Å². The van der Waals surface area contributed by atoms with Crippen molar-refractivity contribution < 1.29 is 49.4 Å². The molecule has 1 unspecified atom stereocenters. The van der Waals surface area contributed by atoms with E-state index in [1.807, 2.05) is 0 Å². The number of rotatable bonds is 6. The van der Waals surface area contributed by atoms with E-state index in [0.717, 1.165) is 31.0 Å². The molecule has 1 N–H and O–H groups in total. The summed E-state index contributed by atoms with van der Waals surface area (Å²) in [5.74, 6) is -5.86. The highest BCUT2D eigenvalue weighted by molar-refractivity contribution is 6.33. The summed E-state index contributed by atoms with van der Waals surface area (Å²) in [6.45, 7) is -0.166. The van der Waals surface area contributed by atoms with Crippen LogP contribution in [0.5, 0.6) is 5.88 Å². The van der Waals surface area contributed by atoms with Crippen LogP contribution in [0.25, 0.3) is 11.4 Å². The van der Waals surface area contributed by atoms with E-state index in [0.29, 0.717) is 13.0 Å². The zero-order valence-corrected chi connectivity index (χ0v) is 19.3. The number of alkyl halides is 8. The lowest BCUT2D eigenvalue weighted by molar-refractivity contribution is -0.278. The molecule has 200 valence electrons. The van der Waals surface area contributed by atoms with Crippen molar-refractivity contribution in [3.63, 3.8) is 0 Å². The lowest BCUT2D eigenvalue weighted by atomic mass is 10.1. The van der Waals surface area contributed by atoms with Gasteiger partial charge in [-0.15, -0.1) is 0 Å². The topological polar surface area (TPSA) is 65.4 Å². The van der Waals surface area contributed by atoms with Crippen molar-refractivity contribution >= 4 is 17.7 Å². The number of nitrogens with one attached hydrogen (secondary N) is 1. The quantitative estimate of drug-likeness (QED) is 0.424. The molecule has 1 aromatic heterocycles. The molecule has 0 radical (unpaired) electrons. The zero-order chi connectivity index (χ0) is 26.9. The monoisotopic (exact) mass is 549 g/mol. The summed E-state index contributed by atoms with van der Waals surface area (Å²) in [5, 5.41) is 1.20. The number of carbonyl (C=O) groups excluding carboxylic acids is 1. The fourth-order valence-corrected chi connectivity index (χ4v) is 3.67. The summed E-state index contributed by atoms with van der Waals surface area (Å²) < 4.78 is 115. The fraction of sp³-hybridized carbons (Fsp3) is 0.524. The summed E-state index contributed by atoms with van der Waals surface area (Å²) in [6, 6.07) is 2.52. The van der Waals surface area contributed by atoms with Crippen LogP contribution in [-0.4, -0.2) is 47.0 Å². The van der Waals surface area contributed by atoms with E-state index in [2.05, 4.69) is 4.98 Å². The predicted molar refractivity (Wildman–Crippen MR) is 111 cm³/mol. The van der Waals surface area contributed by atoms with E-state index in [-0.39, 0.29) is 34.8 Å². The summed E-state index contributed by atoms with van der Waals surface area (Å²) in [5.41, 5.74) is -1.10. The van der Waals surface area contributed by atoms with Crippen molar-refractivity contribution in [2.45, 2.75) is 57.1 Å². The number of carbonyl (C=O) groups is 1. The number of nitrogens with zero attached hydrogens (tertiary/aromatic N) is 2. The molecule has 1 saturated heterocycles. The SMILES string of the molecule is Cc1c(OC(=O)NCC(F)(F)C(F)(F)F)nc(-c2cc(C(F)(F)F)ccc2Cl)n1CC1CCCCO1. The highest BCUT2D eigenvalue weighted by atomic mass is 35.5. The smallest absolute Gasteiger partial charge is 0.389 e. The molecule has 1 aliphatic rings. The third kappa shape index (κ3) is 6.38. The lowest BCUT2D eigenvalue weighted by Crippen LogP contribution is -2.47. The maximum absolute atomic E-state index is 13.3. The van der Waals surface area contributed by atoms with Gasteiger partial charge in [0.05, 0.1) is 35.5 Å². The first-order chi connectivity index (χ1) is 16.6. The number of amides is 1. The Morgan fingerprint density at radius 2 is 1.89 bits per heavy atom. The second kappa shape index (κ2) is 10.4. The normalized spacial score (nSPS) is 17.2. The Balaban J connectivity index is 1.95. The Hall–Kier alpha value is -2.61. The molecule has 15 heteroatoms. The van der Waals surface area contributed by atoms with Crippen LogP contribution in [0.15, 0.2) is 18.2 Å². The molecule has 0 spiro atoms. The Labute approximate surface area is 204 Å². The lowest BCUT2D eigenvalue weighted by Gasteiger charge is -2.24. The van der Waals surface area contributed by atoms with Crippen LogP contribution in [0.1, 0.15) is 30.5 Å². The average molecular weight is 550 g/mol. The third-order valence-corrected chi connectivity index (χ3v) is 5.76. The van der Waals surface area contributed by atoms with Gasteiger partial charge in [0, 0.05) is 12.2 Å². The molecule has 0 bridgehead atoms. The van der Waals surface area contributed by atoms with Gasteiger partial charge in [-0.25, -0.2) is 4.79 Å². The summed E-state index contributed by atoms with van der Waals surface area (Å²) >= 11 is 6.14. The number of aromatic nitrogens is 2. The molecule has 0 saturated carbocycles. The second-order valence-corrected chi connectivity index (χ2v) is 8.47. The minimum absolute atomic E-state index is 0.0812. The van der Waals surface area contributed by atoms with E-state index < -0.39 is 42.4 Å². The molecule has 1 aliphatic heterocycles. The molecule has 1 atom stereocenters. The minimum atomic E-state index is -5.90. The van der Waals surface area contributed by atoms with Gasteiger partial charge < -0.3 is 19.4 Å². The van der Waals surface area contributed by atoms with Crippen LogP contribution in [-0.2, 0) is 17.5 Å². The highest BCUT2D eigenvalue weighted by Gasteiger charge is 2.57. The zero-order valence-electron chi connectivity index (χ0n) is 18.6. The Bertz CT molecular complexity index is 1100. The van der Waals surface area contributed by atoms with Crippen LogP contribution in [0.2, 0.25) is 5.02 Å². The number of halogens is 9. The van der Waals surface area contributed by atoms with Gasteiger partial charge in [0.15, 0.2) is 0 Å². The molecule has 2 aromatic rings. The van der Waals surface area contributed by atoms with Crippen molar-refractivity contribution in [1.29, 1.82) is 0 Å². The largest absolute Gasteiger partial charge is 0.455 e. The van der Waals surface area contributed by atoms with Crippen molar-refractivity contribution in [3.05, 3.63) is 34.5 Å². The van der Waals surface area contributed by atoms with Crippen molar-refractivity contribution in [3.8, 4) is 17.3 Å². The molecule has 6 nitrogen and oxygen atoms in total. The molecule has 1 aromatic carbocycles. The van der Waals surface area contributed by atoms with E-state index in [9.17, 15) is 39.9 Å². The van der Waals surface area contributed by atoms with Crippen LogP contribution < -0.4 is 10.1 Å². The van der Waals surface area contributed by atoms with E-state index in [1.165, 1.54) is 16.8 Å². The van der Waals surface area contributed by atoms with Gasteiger partial charge in [-0.05, 0) is 44.4 Å². The molecular formula is C21H20ClF8N3O3. The van der Waals surface area contributed by atoms with E-state index in [4.69, 9.17) is 21.1 Å². The van der Waals surface area contributed by atoms with Gasteiger partial charge in [-0.3, -0.25) is 0 Å². The number of imidazole rings is 1. The maximum Gasteiger partial charge on any atom is 0.455 e. The average Bonchev–Trinajstić information content (AvgIpc) is 3.07. The van der Waals surface area contributed by atoms with E-state index in [1.54, 1.807) is 0 Å². The van der Waals surface area contributed by atoms with Crippen molar-refractivity contribution in [2.24, 2.45) is 0 Å². The van der Waals surface area contributed by atoms with Crippen LogP contribution >= 0.6 is 11.6 Å². The van der Waals surface area contributed by atoms with Crippen molar-refractivity contribution in [2.75, 3.05) is 13.2 Å². The summed E-state index contributed by atoms with van der Waals surface area (Å²) in [4.78, 5) is 16.0. The maximum atomic E-state index is 13.3. The predicted octanol–water partition coefficient (Wildman–Crippen LogP) is 6.39. The Morgan fingerprint density at radius 3 is 2.47 bits per heavy atom. The molecule has 1 amide bonds. The van der Waals surface area contributed by atoms with E-state index >= 15 is 0 Å². The van der Waals surface area contributed by atoms with Crippen molar-refractivity contribution in [1.82, 2.24) is 14.9 Å². The van der Waals surface area contributed by atoms with Gasteiger partial charge in [0.25, 0.3) is 0 Å². The van der Waals surface area contributed by atoms with Gasteiger partial charge in [-0.2, -0.15) is 40.1 Å². The number of ether oxygens (including phenoxy) is 2.